The molecule has 0 heterocycles. The number of aliphatic hydroxyl groups is 1. The monoisotopic (exact) mass is 216 g/mol. The highest BCUT2D eigenvalue weighted by molar-refractivity contribution is 4.90. The SMILES string of the molecule is CCCCC(CO)(C/C=C\F)C(C)CC. The number of rotatable bonds is 8. The van der Waals surface area contributed by atoms with Crippen molar-refractivity contribution in [2.75, 3.05) is 6.61 Å². The summed E-state index contributed by atoms with van der Waals surface area (Å²) in [7, 11) is 0. The second kappa shape index (κ2) is 7.86. The summed E-state index contributed by atoms with van der Waals surface area (Å²) < 4.78 is 12.1. The van der Waals surface area contributed by atoms with Gasteiger partial charge < -0.3 is 5.11 Å². The van der Waals surface area contributed by atoms with Crippen molar-refractivity contribution in [1.29, 1.82) is 0 Å². The van der Waals surface area contributed by atoms with Gasteiger partial charge in [-0.05, 0) is 24.2 Å². The Balaban J connectivity index is 4.58. The van der Waals surface area contributed by atoms with Crippen molar-refractivity contribution in [2.45, 2.75) is 52.9 Å². The maximum Gasteiger partial charge on any atom is 0.0827 e. The summed E-state index contributed by atoms with van der Waals surface area (Å²) in [6, 6.07) is 0. The Kier molecular flexibility index (Phi) is 7.67. The van der Waals surface area contributed by atoms with E-state index in [2.05, 4.69) is 20.8 Å². The summed E-state index contributed by atoms with van der Waals surface area (Å²) in [5.41, 5.74) is -0.118. The fraction of sp³-hybridized carbons (Fsp3) is 0.846. The van der Waals surface area contributed by atoms with Crippen LogP contribution >= 0.6 is 0 Å². The average Bonchev–Trinajstić information content (AvgIpc) is 2.29. The molecule has 1 nitrogen and oxygen atoms in total. The van der Waals surface area contributed by atoms with Gasteiger partial charge in [0, 0.05) is 6.61 Å². The number of allylic oxidation sites excluding steroid dienone is 1. The standard InChI is InChI=1S/C13H25FO/c1-4-6-8-13(11-15,9-7-10-14)12(3)5-2/h7,10,12,15H,4-6,8-9,11H2,1-3H3/b10-7-. The van der Waals surface area contributed by atoms with E-state index in [-0.39, 0.29) is 12.0 Å². The fourth-order valence-electron chi connectivity index (χ4n) is 2.09. The zero-order valence-corrected chi connectivity index (χ0v) is 10.3. The van der Waals surface area contributed by atoms with Crippen LogP contribution in [0.3, 0.4) is 0 Å². The van der Waals surface area contributed by atoms with Gasteiger partial charge in [-0.1, -0.05) is 46.1 Å². The molecule has 0 aromatic carbocycles. The Morgan fingerprint density at radius 2 is 2.07 bits per heavy atom. The van der Waals surface area contributed by atoms with Crippen LogP contribution in [0.1, 0.15) is 52.9 Å². The lowest BCUT2D eigenvalue weighted by Crippen LogP contribution is -2.32. The minimum absolute atomic E-state index is 0.118. The van der Waals surface area contributed by atoms with Crippen molar-refractivity contribution < 1.29 is 9.50 Å². The first kappa shape index (κ1) is 14.6. The van der Waals surface area contributed by atoms with Gasteiger partial charge in [0.2, 0.25) is 0 Å². The van der Waals surface area contributed by atoms with E-state index in [4.69, 9.17) is 0 Å². The third-order valence-corrected chi connectivity index (χ3v) is 3.61. The summed E-state index contributed by atoms with van der Waals surface area (Å²) in [5.74, 6) is 0.435. The van der Waals surface area contributed by atoms with Crippen molar-refractivity contribution in [2.24, 2.45) is 11.3 Å². The first-order valence-electron chi connectivity index (χ1n) is 6.03. The molecule has 90 valence electrons. The number of unbranched alkanes of at least 4 members (excludes halogenated alkanes) is 1. The van der Waals surface area contributed by atoms with Crippen LogP contribution in [0.15, 0.2) is 12.4 Å². The molecular weight excluding hydrogens is 191 g/mol. The van der Waals surface area contributed by atoms with Gasteiger partial charge in [-0.25, -0.2) is 4.39 Å². The first-order valence-corrected chi connectivity index (χ1v) is 6.03. The third kappa shape index (κ3) is 4.33. The molecule has 0 aliphatic rings. The second-order valence-corrected chi connectivity index (χ2v) is 4.50. The number of hydrogen-bond donors (Lipinski definition) is 1. The minimum atomic E-state index is -0.118. The molecule has 0 aromatic heterocycles. The summed E-state index contributed by atoms with van der Waals surface area (Å²) >= 11 is 0. The van der Waals surface area contributed by atoms with E-state index in [1.165, 1.54) is 6.08 Å². The molecule has 0 aromatic rings. The molecule has 2 unspecified atom stereocenters. The van der Waals surface area contributed by atoms with Crippen molar-refractivity contribution >= 4 is 0 Å². The number of halogens is 1. The molecule has 0 saturated heterocycles. The van der Waals surface area contributed by atoms with Crippen molar-refractivity contribution in [3.05, 3.63) is 12.4 Å². The highest BCUT2D eigenvalue weighted by atomic mass is 19.1. The lowest BCUT2D eigenvalue weighted by Gasteiger charge is -2.36. The topological polar surface area (TPSA) is 20.2 Å². The Labute approximate surface area is 93.4 Å². The van der Waals surface area contributed by atoms with Crippen molar-refractivity contribution in [1.82, 2.24) is 0 Å². The van der Waals surface area contributed by atoms with Gasteiger partial charge in [-0.3, -0.25) is 0 Å². The maximum absolute atomic E-state index is 12.1. The Bertz CT molecular complexity index is 179. The smallest absolute Gasteiger partial charge is 0.0827 e. The highest BCUT2D eigenvalue weighted by Crippen LogP contribution is 2.38. The molecular formula is C13H25FO. The van der Waals surface area contributed by atoms with Gasteiger partial charge in [0.25, 0.3) is 0 Å². The molecule has 2 heteroatoms. The van der Waals surface area contributed by atoms with Crippen molar-refractivity contribution in [3.63, 3.8) is 0 Å². The molecule has 2 atom stereocenters. The van der Waals surface area contributed by atoms with Crippen LogP contribution in [0.5, 0.6) is 0 Å². The zero-order chi connectivity index (χ0) is 11.7. The largest absolute Gasteiger partial charge is 0.396 e. The zero-order valence-electron chi connectivity index (χ0n) is 10.3. The molecule has 0 aliphatic heterocycles. The molecule has 0 spiro atoms. The van der Waals surface area contributed by atoms with Gasteiger partial charge in [0.1, 0.15) is 0 Å². The number of hydrogen-bond acceptors (Lipinski definition) is 1. The van der Waals surface area contributed by atoms with Gasteiger partial charge in [0.05, 0.1) is 6.33 Å². The molecule has 0 bridgehead atoms. The van der Waals surface area contributed by atoms with Gasteiger partial charge in [-0.2, -0.15) is 0 Å². The number of aliphatic hydroxyl groups excluding tert-OH is 1. The van der Waals surface area contributed by atoms with Crippen LogP contribution in [0, 0.1) is 11.3 Å². The van der Waals surface area contributed by atoms with E-state index >= 15 is 0 Å². The Morgan fingerprint density at radius 3 is 2.47 bits per heavy atom. The van der Waals surface area contributed by atoms with Crippen LogP contribution in [-0.2, 0) is 0 Å². The fourth-order valence-corrected chi connectivity index (χ4v) is 2.09. The lowest BCUT2D eigenvalue weighted by molar-refractivity contribution is 0.0569. The summed E-state index contributed by atoms with van der Waals surface area (Å²) in [6.07, 6.45) is 7.03. The van der Waals surface area contributed by atoms with E-state index in [9.17, 15) is 9.50 Å². The van der Waals surface area contributed by atoms with Crippen LogP contribution in [0.4, 0.5) is 4.39 Å². The Hall–Kier alpha value is -0.370. The molecule has 0 aliphatic carbocycles. The highest BCUT2D eigenvalue weighted by Gasteiger charge is 2.32. The van der Waals surface area contributed by atoms with Crippen LogP contribution < -0.4 is 0 Å². The molecule has 0 saturated carbocycles. The van der Waals surface area contributed by atoms with E-state index in [1.807, 2.05) is 0 Å². The van der Waals surface area contributed by atoms with Crippen LogP contribution in [0.25, 0.3) is 0 Å². The molecule has 0 fully saturated rings. The summed E-state index contributed by atoms with van der Waals surface area (Å²) in [6.45, 7) is 6.58. The average molecular weight is 216 g/mol. The van der Waals surface area contributed by atoms with Gasteiger partial charge in [0.15, 0.2) is 0 Å². The maximum atomic E-state index is 12.1. The lowest BCUT2D eigenvalue weighted by atomic mass is 9.70. The second-order valence-electron chi connectivity index (χ2n) is 4.50. The third-order valence-electron chi connectivity index (χ3n) is 3.61. The molecule has 0 amide bonds. The summed E-state index contributed by atoms with van der Waals surface area (Å²) in [5, 5.41) is 9.57. The predicted molar refractivity (Wildman–Crippen MR) is 63.4 cm³/mol. The summed E-state index contributed by atoms with van der Waals surface area (Å²) in [4.78, 5) is 0. The van der Waals surface area contributed by atoms with E-state index in [1.54, 1.807) is 0 Å². The molecule has 0 radical (unpaired) electrons. The van der Waals surface area contributed by atoms with E-state index in [0.29, 0.717) is 18.7 Å². The molecule has 0 rings (SSSR count). The van der Waals surface area contributed by atoms with Gasteiger partial charge in [-0.15, -0.1) is 0 Å². The molecule has 15 heavy (non-hydrogen) atoms. The Morgan fingerprint density at radius 1 is 1.40 bits per heavy atom. The van der Waals surface area contributed by atoms with Crippen LogP contribution in [-0.4, -0.2) is 11.7 Å². The van der Waals surface area contributed by atoms with E-state index in [0.717, 1.165) is 25.7 Å². The van der Waals surface area contributed by atoms with Gasteiger partial charge >= 0.3 is 0 Å². The minimum Gasteiger partial charge on any atom is -0.396 e. The quantitative estimate of drug-likeness (QED) is 0.648. The van der Waals surface area contributed by atoms with Crippen molar-refractivity contribution in [3.8, 4) is 0 Å². The first-order chi connectivity index (χ1) is 7.16. The van der Waals surface area contributed by atoms with E-state index < -0.39 is 0 Å². The predicted octanol–water partition coefficient (Wildman–Crippen LogP) is 4.07. The molecule has 1 N–H and O–H groups in total. The van der Waals surface area contributed by atoms with Crippen LogP contribution in [0.2, 0.25) is 0 Å². The normalized spacial score (nSPS) is 17.9.